The van der Waals surface area contributed by atoms with Gasteiger partial charge in [0.15, 0.2) is 0 Å². The molecule has 1 aromatic rings. The monoisotopic (exact) mass is 284 g/mol. The number of rotatable bonds is 6. The summed E-state index contributed by atoms with van der Waals surface area (Å²) in [6.07, 6.45) is 1.02. The first kappa shape index (κ1) is 14.4. The topological polar surface area (TPSA) is 33.7 Å². The zero-order valence-electron chi connectivity index (χ0n) is 11.3. The van der Waals surface area contributed by atoms with Gasteiger partial charge in [-0.05, 0) is 18.6 Å². The summed E-state index contributed by atoms with van der Waals surface area (Å²) in [5.41, 5.74) is 0. The van der Waals surface area contributed by atoms with Crippen molar-refractivity contribution < 1.29 is 9.47 Å². The van der Waals surface area contributed by atoms with E-state index >= 15 is 0 Å². The van der Waals surface area contributed by atoms with E-state index in [4.69, 9.17) is 21.1 Å². The summed E-state index contributed by atoms with van der Waals surface area (Å²) in [7, 11) is 1.62. The summed E-state index contributed by atoms with van der Waals surface area (Å²) < 4.78 is 10.8. The molecule has 0 saturated carbocycles. The minimum Gasteiger partial charge on any atom is -0.497 e. The third-order valence-electron chi connectivity index (χ3n) is 3.22. The van der Waals surface area contributed by atoms with Gasteiger partial charge in [0.05, 0.1) is 18.7 Å². The van der Waals surface area contributed by atoms with Crippen LogP contribution in [-0.2, 0) is 0 Å². The molecule has 1 aliphatic heterocycles. The molecule has 1 saturated heterocycles. The Morgan fingerprint density at radius 3 is 2.79 bits per heavy atom. The Balaban J connectivity index is 1.70. The van der Waals surface area contributed by atoms with Crippen LogP contribution in [0.2, 0.25) is 5.02 Å². The second-order valence-electron chi connectivity index (χ2n) is 4.59. The molecule has 0 amide bonds. The number of hydrogen-bond acceptors (Lipinski definition) is 4. The molecule has 0 unspecified atom stereocenters. The lowest BCUT2D eigenvalue weighted by Crippen LogP contribution is -2.43. The smallest absolute Gasteiger partial charge is 0.138 e. The predicted octanol–water partition coefficient (Wildman–Crippen LogP) is 2.02. The van der Waals surface area contributed by atoms with Crippen molar-refractivity contribution in [3.05, 3.63) is 23.2 Å². The maximum absolute atomic E-state index is 6.11. The number of ether oxygens (including phenoxy) is 2. The number of piperazine rings is 1. The van der Waals surface area contributed by atoms with Crippen LogP contribution in [0.3, 0.4) is 0 Å². The van der Waals surface area contributed by atoms with Gasteiger partial charge < -0.3 is 19.7 Å². The highest BCUT2D eigenvalue weighted by Gasteiger charge is 2.09. The van der Waals surface area contributed by atoms with E-state index in [0.29, 0.717) is 11.6 Å². The lowest BCUT2D eigenvalue weighted by molar-refractivity contribution is 0.214. The molecule has 5 heteroatoms. The highest BCUT2D eigenvalue weighted by molar-refractivity contribution is 6.32. The van der Waals surface area contributed by atoms with Crippen LogP contribution >= 0.6 is 11.6 Å². The summed E-state index contributed by atoms with van der Waals surface area (Å²) in [5.74, 6) is 1.47. The van der Waals surface area contributed by atoms with Crippen LogP contribution < -0.4 is 14.8 Å². The van der Waals surface area contributed by atoms with Crippen LogP contribution in [0, 0.1) is 0 Å². The van der Waals surface area contributed by atoms with Crippen molar-refractivity contribution >= 4 is 11.6 Å². The number of nitrogens with one attached hydrogen (secondary N) is 1. The summed E-state index contributed by atoms with van der Waals surface area (Å²) in [4.78, 5) is 2.45. The third-order valence-corrected chi connectivity index (χ3v) is 3.52. The molecule has 4 nitrogen and oxygen atoms in total. The number of nitrogens with zero attached hydrogens (tertiary/aromatic N) is 1. The molecule has 19 heavy (non-hydrogen) atoms. The Labute approximate surface area is 119 Å². The summed E-state index contributed by atoms with van der Waals surface area (Å²) in [5, 5.41) is 3.95. The van der Waals surface area contributed by atoms with Gasteiger partial charge in [0, 0.05) is 38.8 Å². The van der Waals surface area contributed by atoms with E-state index in [1.807, 2.05) is 12.1 Å². The summed E-state index contributed by atoms with van der Waals surface area (Å²) in [6.45, 7) is 6.20. The Hall–Kier alpha value is -0.970. The van der Waals surface area contributed by atoms with Gasteiger partial charge in [-0.3, -0.25) is 0 Å². The lowest BCUT2D eigenvalue weighted by atomic mass is 10.3. The number of benzene rings is 1. The predicted molar refractivity (Wildman–Crippen MR) is 77.4 cm³/mol. The first-order chi connectivity index (χ1) is 9.29. The van der Waals surface area contributed by atoms with E-state index < -0.39 is 0 Å². The third kappa shape index (κ3) is 4.56. The fourth-order valence-electron chi connectivity index (χ4n) is 2.13. The lowest BCUT2D eigenvalue weighted by Gasteiger charge is -2.27. The largest absolute Gasteiger partial charge is 0.497 e. The Kier molecular flexibility index (Phi) is 5.76. The van der Waals surface area contributed by atoms with Gasteiger partial charge in [0.25, 0.3) is 0 Å². The van der Waals surface area contributed by atoms with Crippen molar-refractivity contribution in [1.82, 2.24) is 10.2 Å². The highest BCUT2D eigenvalue weighted by atomic mass is 35.5. The Bertz CT molecular complexity index is 395. The fraction of sp³-hybridized carbons (Fsp3) is 0.571. The SMILES string of the molecule is COc1ccc(OCCCN2CCNCC2)c(Cl)c1. The summed E-state index contributed by atoms with van der Waals surface area (Å²) >= 11 is 6.11. The molecule has 1 heterocycles. The first-order valence-corrected chi connectivity index (χ1v) is 7.07. The number of methoxy groups -OCH3 is 1. The van der Waals surface area contributed by atoms with Crippen LogP contribution in [0.5, 0.6) is 11.5 Å². The van der Waals surface area contributed by atoms with Crippen LogP contribution in [0.25, 0.3) is 0 Å². The average Bonchev–Trinajstić information content (AvgIpc) is 2.46. The zero-order valence-corrected chi connectivity index (χ0v) is 12.1. The van der Waals surface area contributed by atoms with Crippen molar-refractivity contribution in [3.8, 4) is 11.5 Å². The van der Waals surface area contributed by atoms with Gasteiger partial charge in [0.2, 0.25) is 0 Å². The van der Waals surface area contributed by atoms with Gasteiger partial charge >= 0.3 is 0 Å². The van der Waals surface area contributed by atoms with Crippen molar-refractivity contribution in [3.63, 3.8) is 0 Å². The van der Waals surface area contributed by atoms with Crippen molar-refractivity contribution in [1.29, 1.82) is 0 Å². The molecule has 0 spiro atoms. The van der Waals surface area contributed by atoms with E-state index in [9.17, 15) is 0 Å². The van der Waals surface area contributed by atoms with Crippen molar-refractivity contribution in [2.75, 3.05) is 46.4 Å². The van der Waals surface area contributed by atoms with E-state index in [-0.39, 0.29) is 0 Å². The molecule has 0 atom stereocenters. The van der Waals surface area contributed by atoms with E-state index in [2.05, 4.69) is 10.2 Å². The van der Waals surface area contributed by atoms with Crippen LogP contribution in [-0.4, -0.2) is 51.3 Å². The van der Waals surface area contributed by atoms with E-state index in [0.717, 1.165) is 50.6 Å². The molecular formula is C14H21ClN2O2. The van der Waals surface area contributed by atoms with E-state index in [1.54, 1.807) is 13.2 Å². The minimum atomic E-state index is 0.599. The zero-order chi connectivity index (χ0) is 13.5. The molecule has 0 radical (unpaired) electrons. The fourth-order valence-corrected chi connectivity index (χ4v) is 2.36. The van der Waals surface area contributed by atoms with Gasteiger partial charge in [-0.1, -0.05) is 11.6 Å². The van der Waals surface area contributed by atoms with Crippen molar-refractivity contribution in [2.45, 2.75) is 6.42 Å². The van der Waals surface area contributed by atoms with Gasteiger partial charge in [-0.15, -0.1) is 0 Å². The maximum atomic E-state index is 6.11. The molecule has 1 fully saturated rings. The molecule has 1 N–H and O–H groups in total. The van der Waals surface area contributed by atoms with Gasteiger partial charge in [-0.25, -0.2) is 0 Å². The molecule has 1 aliphatic rings. The van der Waals surface area contributed by atoms with E-state index in [1.165, 1.54) is 0 Å². The van der Waals surface area contributed by atoms with Gasteiger partial charge in [-0.2, -0.15) is 0 Å². The Morgan fingerprint density at radius 2 is 2.11 bits per heavy atom. The molecule has 2 rings (SSSR count). The Morgan fingerprint density at radius 1 is 1.32 bits per heavy atom. The summed E-state index contributed by atoms with van der Waals surface area (Å²) in [6, 6.07) is 5.48. The maximum Gasteiger partial charge on any atom is 0.138 e. The number of halogens is 1. The van der Waals surface area contributed by atoms with Crippen molar-refractivity contribution in [2.24, 2.45) is 0 Å². The highest BCUT2D eigenvalue weighted by Crippen LogP contribution is 2.28. The molecule has 106 valence electrons. The van der Waals surface area contributed by atoms with Crippen LogP contribution in [0.1, 0.15) is 6.42 Å². The first-order valence-electron chi connectivity index (χ1n) is 6.69. The second kappa shape index (κ2) is 7.58. The average molecular weight is 285 g/mol. The standard InChI is InChI=1S/C14H21ClN2O2/c1-18-12-3-4-14(13(15)11-12)19-10-2-7-17-8-5-16-6-9-17/h3-4,11,16H,2,5-10H2,1H3. The quantitative estimate of drug-likeness (QED) is 0.811. The number of hydrogen-bond donors (Lipinski definition) is 1. The molecular weight excluding hydrogens is 264 g/mol. The normalized spacial score (nSPS) is 16.3. The molecule has 0 bridgehead atoms. The second-order valence-corrected chi connectivity index (χ2v) is 5.00. The molecule has 0 aromatic heterocycles. The molecule has 0 aliphatic carbocycles. The molecule has 1 aromatic carbocycles. The van der Waals surface area contributed by atoms with Crippen LogP contribution in [0.4, 0.5) is 0 Å². The van der Waals surface area contributed by atoms with Gasteiger partial charge in [0.1, 0.15) is 11.5 Å². The van der Waals surface area contributed by atoms with Crippen LogP contribution in [0.15, 0.2) is 18.2 Å². The minimum absolute atomic E-state index is 0.599.